The number of carbonyl (C=O) groups excluding carboxylic acids is 1. The van der Waals surface area contributed by atoms with E-state index in [0.717, 1.165) is 19.0 Å². The summed E-state index contributed by atoms with van der Waals surface area (Å²) in [6.07, 6.45) is 4.55. The van der Waals surface area contributed by atoms with E-state index in [2.05, 4.69) is 4.98 Å². The molecule has 1 aliphatic rings. The van der Waals surface area contributed by atoms with Gasteiger partial charge in [0.05, 0.1) is 19.2 Å². The van der Waals surface area contributed by atoms with Gasteiger partial charge >= 0.3 is 5.97 Å². The Kier molecular flexibility index (Phi) is 2.66. The highest BCUT2D eigenvalue weighted by atomic mass is 19.1. The zero-order valence-corrected chi connectivity index (χ0v) is 8.44. The number of nitrogens with zero attached hydrogens (tertiary/aromatic N) is 1. The molecule has 0 amide bonds. The van der Waals surface area contributed by atoms with Gasteiger partial charge in [0, 0.05) is 11.8 Å². The lowest BCUT2D eigenvalue weighted by Crippen LogP contribution is -2.17. The molecule has 1 unspecified atom stereocenters. The van der Waals surface area contributed by atoms with Gasteiger partial charge < -0.3 is 4.74 Å². The summed E-state index contributed by atoms with van der Waals surface area (Å²) >= 11 is 0. The predicted octanol–water partition coefficient (Wildman–Crippen LogP) is 1.89. The molecule has 15 heavy (non-hydrogen) atoms. The van der Waals surface area contributed by atoms with Gasteiger partial charge in [0.15, 0.2) is 0 Å². The SMILES string of the molecule is COC(=O)C(c1ccncc1F)C1CC1. The molecule has 0 spiro atoms. The topological polar surface area (TPSA) is 39.2 Å². The fourth-order valence-electron chi connectivity index (χ4n) is 1.77. The van der Waals surface area contributed by atoms with E-state index in [0.29, 0.717) is 5.56 Å². The second-order valence-electron chi connectivity index (χ2n) is 3.74. The highest BCUT2D eigenvalue weighted by Gasteiger charge is 2.39. The summed E-state index contributed by atoms with van der Waals surface area (Å²) in [4.78, 5) is 15.2. The summed E-state index contributed by atoms with van der Waals surface area (Å²) in [6.45, 7) is 0. The van der Waals surface area contributed by atoms with Crippen LogP contribution in [0.5, 0.6) is 0 Å². The molecule has 1 saturated carbocycles. The number of carbonyl (C=O) groups is 1. The lowest BCUT2D eigenvalue weighted by atomic mass is 9.95. The predicted molar refractivity (Wildman–Crippen MR) is 51.7 cm³/mol. The number of halogens is 1. The van der Waals surface area contributed by atoms with Crippen LogP contribution in [-0.4, -0.2) is 18.1 Å². The maximum absolute atomic E-state index is 13.5. The van der Waals surface area contributed by atoms with E-state index >= 15 is 0 Å². The smallest absolute Gasteiger partial charge is 0.313 e. The lowest BCUT2D eigenvalue weighted by molar-refractivity contribution is -0.143. The van der Waals surface area contributed by atoms with Crippen LogP contribution in [0.25, 0.3) is 0 Å². The number of pyridine rings is 1. The molecule has 0 aliphatic heterocycles. The fourth-order valence-corrected chi connectivity index (χ4v) is 1.77. The third-order valence-corrected chi connectivity index (χ3v) is 2.69. The average molecular weight is 209 g/mol. The Morgan fingerprint density at radius 1 is 1.67 bits per heavy atom. The normalized spacial score (nSPS) is 17.2. The Morgan fingerprint density at radius 3 is 2.93 bits per heavy atom. The summed E-state index contributed by atoms with van der Waals surface area (Å²) < 4.78 is 18.2. The number of esters is 1. The van der Waals surface area contributed by atoms with E-state index in [-0.39, 0.29) is 11.9 Å². The van der Waals surface area contributed by atoms with Crippen molar-refractivity contribution in [3.8, 4) is 0 Å². The minimum absolute atomic E-state index is 0.231. The number of ether oxygens (including phenoxy) is 1. The number of rotatable bonds is 3. The van der Waals surface area contributed by atoms with Crippen molar-refractivity contribution in [2.24, 2.45) is 5.92 Å². The van der Waals surface area contributed by atoms with E-state index in [1.54, 1.807) is 6.07 Å². The lowest BCUT2D eigenvalue weighted by Gasteiger charge is -2.14. The van der Waals surface area contributed by atoms with Crippen molar-refractivity contribution in [3.05, 3.63) is 29.8 Å². The highest BCUT2D eigenvalue weighted by molar-refractivity contribution is 5.78. The first-order chi connectivity index (χ1) is 7.24. The van der Waals surface area contributed by atoms with Crippen molar-refractivity contribution in [2.75, 3.05) is 7.11 Å². The molecular formula is C11H12FNO2. The van der Waals surface area contributed by atoms with Crippen molar-refractivity contribution in [1.29, 1.82) is 0 Å². The van der Waals surface area contributed by atoms with Crippen LogP contribution in [0, 0.1) is 11.7 Å². The first kappa shape index (κ1) is 10.1. The van der Waals surface area contributed by atoms with Crippen LogP contribution >= 0.6 is 0 Å². The minimum atomic E-state index is -0.460. The largest absolute Gasteiger partial charge is 0.469 e. The highest BCUT2D eigenvalue weighted by Crippen LogP contribution is 2.43. The zero-order chi connectivity index (χ0) is 10.8. The van der Waals surface area contributed by atoms with Gasteiger partial charge in [-0.05, 0) is 24.8 Å². The number of methoxy groups -OCH3 is 1. The first-order valence-corrected chi connectivity index (χ1v) is 4.91. The van der Waals surface area contributed by atoms with Gasteiger partial charge in [-0.15, -0.1) is 0 Å². The number of hydrogen-bond donors (Lipinski definition) is 0. The monoisotopic (exact) mass is 209 g/mol. The summed E-state index contributed by atoms with van der Waals surface area (Å²) in [5.74, 6) is -1.02. The third-order valence-electron chi connectivity index (χ3n) is 2.69. The molecule has 0 N–H and O–H groups in total. The van der Waals surface area contributed by atoms with Crippen molar-refractivity contribution in [2.45, 2.75) is 18.8 Å². The van der Waals surface area contributed by atoms with Gasteiger partial charge in [0.2, 0.25) is 0 Å². The molecule has 1 heterocycles. The Hall–Kier alpha value is -1.45. The van der Waals surface area contributed by atoms with Crippen LogP contribution in [-0.2, 0) is 9.53 Å². The van der Waals surface area contributed by atoms with Gasteiger partial charge in [-0.25, -0.2) is 4.39 Å². The molecule has 0 saturated heterocycles. The Bertz CT molecular complexity index is 377. The minimum Gasteiger partial charge on any atom is -0.469 e. The van der Waals surface area contributed by atoms with Crippen molar-refractivity contribution in [1.82, 2.24) is 4.98 Å². The summed E-state index contributed by atoms with van der Waals surface area (Å²) in [6, 6.07) is 1.55. The van der Waals surface area contributed by atoms with Crippen LogP contribution in [0.1, 0.15) is 24.3 Å². The van der Waals surface area contributed by atoms with Gasteiger partial charge in [0.25, 0.3) is 0 Å². The van der Waals surface area contributed by atoms with Gasteiger partial charge in [-0.2, -0.15) is 0 Å². The number of aromatic nitrogens is 1. The zero-order valence-electron chi connectivity index (χ0n) is 8.44. The standard InChI is InChI=1S/C11H12FNO2/c1-15-11(14)10(7-2-3-7)8-4-5-13-6-9(8)12/h4-7,10H,2-3H2,1H3. The van der Waals surface area contributed by atoms with Crippen LogP contribution in [0.15, 0.2) is 18.5 Å². The molecule has 0 aromatic carbocycles. The molecule has 1 fully saturated rings. The Labute approximate surface area is 87.3 Å². The third kappa shape index (κ3) is 1.98. The maximum atomic E-state index is 13.5. The van der Waals surface area contributed by atoms with Crippen LogP contribution < -0.4 is 0 Å². The Balaban J connectivity index is 2.32. The van der Waals surface area contributed by atoms with Crippen LogP contribution in [0.3, 0.4) is 0 Å². The van der Waals surface area contributed by atoms with Crippen LogP contribution in [0.4, 0.5) is 4.39 Å². The average Bonchev–Trinajstić information content (AvgIpc) is 3.05. The molecular weight excluding hydrogens is 197 g/mol. The molecule has 80 valence electrons. The van der Waals surface area contributed by atoms with E-state index < -0.39 is 11.7 Å². The van der Waals surface area contributed by atoms with E-state index in [4.69, 9.17) is 4.74 Å². The quantitative estimate of drug-likeness (QED) is 0.713. The molecule has 0 radical (unpaired) electrons. The maximum Gasteiger partial charge on any atom is 0.313 e. The first-order valence-electron chi connectivity index (χ1n) is 4.91. The van der Waals surface area contributed by atoms with Gasteiger partial charge in [-0.1, -0.05) is 0 Å². The molecule has 4 heteroatoms. The van der Waals surface area contributed by atoms with Crippen molar-refractivity contribution in [3.63, 3.8) is 0 Å². The second kappa shape index (κ2) is 3.96. The fraction of sp³-hybridized carbons (Fsp3) is 0.455. The molecule has 3 nitrogen and oxygen atoms in total. The second-order valence-corrected chi connectivity index (χ2v) is 3.74. The molecule has 1 aliphatic carbocycles. The summed E-state index contributed by atoms with van der Waals surface area (Å²) in [5, 5.41) is 0. The molecule has 1 aromatic heterocycles. The van der Waals surface area contributed by atoms with Gasteiger partial charge in [-0.3, -0.25) is 9.78 Å². The molecule has 1 atom stereocenters. The van der Waals surface area contributed by atoms with Gasteiger partial charge in [0.1, 0.15) is 5.82 Å². The Morgan fingerprint density at radius 2 is 2.40 bits per heavy atom. The van der Waals surface area contributed by atoms with E-state index in [1.807, 2.05) is 0 Å². The summed E-state index contributed by atoms with van der Waals surface area (Å²) in [7, 11) is 1.33. The number of hydrogen-bond acceptors (Lipinski definition) is 3. The molecule has 2 rings (SSSR count). The van der Waals surface area contributed by atoms with Crippen molar-refractivity contribution < 1.29 is 13.9 Å². The van der Waals surface area contributed by atoms with Crippen molar-refractivity contribution >= 4 is 5.97 Å². The summed E-state index contributed by atoms with van der Waals surface area (Å²) in [5.41, 5.74) is 0.402. The van der Waals surface area contributed by atoms with Crippen LogP contribution in [0.2, 0.25) is 0 Å². The van der Waals surface area contributed by atoms with E-state index in [9.17, 15) is 9.18 Å². The van der Waals surface area contributed by atoms with E-state index in [1.165, 1.54) is 13.3 Å². The molecule has 0 bridgehead atoms. The molecule has 1 aromatic rings.